The molecule has 0 amide bonds. The van der Waals surface area contributed by atoms with Crippen LogP contribution in [0.5, 0.6) is 0 Å². The van der Waals surface area contributed by atoms with Crippen LogP contribution in [0.15, 0.2) is 18.6 Å². The third-order valence-corrected chi connectivity index (χ3v) is 3.54. The highest BCUT2D eigenvalue weighted by Crippen LogP contribution is 2.20. The maximum absolute atomic E-state index is 4.22. The molecule has 1 N–H and O–H groups in total. The van der Waals surface area contributed by atoms with E-state index in [1.54, 1.807) is 12.4 Å². The van der Waals surface area contributed by atoms with E-state index >= 15 is 0 Å². The first-order chi connectivity index (χ1) is 7.45. The van der Waals surface area contributed by atoms with E-state index in [0.717, 1.165) is 23.8 Å². The zero-order valence-corrected chi connectivity index (χ0v) is 8.94. The van der Waals surface area contributed by atoms with Gasteiger partial charge in [0.05, 0.1) is 12.2 Å². The second kappa shape index (κ2) is 3.79. The molecule has 0 saturated carbocycles. The maximum Gasteiger partial charge on any atom is 0.179 e. The van der Waals surface area contributed by atoms with Crippen LogP contribution in [0.2, 0.25) is 0 Å². The fourth-order valence-corrected chi connectivity index (χ4v) is 2.67. The largest absolute Gasteiger partial charge is 0.306 e. The molecular formula is C9H11N5S. The lowest BCUT2D eigenvalue weighted by Crippen LogP contribution is -2.31. The first-order valence-electron chi connectivity index (χ1n) is 4.91. The summed E-state index contributed by atoms with van der Waals surface area (Å²) in [5.74, 6) is 3.22. The molecule has 0 aromatic carbocycles. The molecule has 0 aliphatic carbocycles. The molecule has 5 nitrogen and oxygen atoms in total. The van der Waals surface area contributed by atoms with Gasteiger partial charge in [0.1, 0.15) is 0 Å². The third-order valence-electron chi connectivity index (χ3n) is 2.47. The first kappa shape index (κ1) is 9.11. The molecule has 1 atom stereocenters. The van der Waals surface area contributed by atoms with Crippen LogP contribution in [0.1, 0.15) is 11.9 Å². The van der Waals surface area contributed by atoms with E-state index in [1.807, 2.05) is 22.4 Å². The molecule has 0 bridgehead atoms. The normalized spacial score (nSPS) is 22.0. The molecule has 0 spiro atoms. The van der Waals surface area contributed by atoms with Gasteiger partial charge in [0.15, 0.2) is 11.5 Å². The zero-order valence-electron chi connectivity index (χ0n) is 8.13. The number of hydrogen-bond acceptors (Lipinski definition) is 5. The molecule has 2 aromatic heterocycles. The first-order valence-corrected chi connectivity index (χ1v) is 6.06. The summed E-state index contributed by atoms with van der Waals surface area (Å²) in [5, 5.41) is 11.8. The average molecular weight is 221 g/mol. The highest BCUT2D eigenvalue weighted by Gasteiger charge is 2.20. The number of nitrogens with one attached hydrogen (secondary N) is 1. The van der Waals surface area contributed by atoms with Crippen LogP contribution in [0, 0.1) is 0 Å². The Hall–Kier alpha value is -1.14. The standard InChI is InChI=1S/C9H11N5S/c1-3-14-8(5-10-1)12-13-9(14)7-6-15-4-2-11-7/h1,3,5,7,11H,2,4,6H2. The van der Waals surface area contributed by atoms with Crippen LogP contribution >= 0.6 is 11.8 Å². The van der Waals surface area contributed by atoms with Gasteiger partial charge in [-0.05, 0) is 0 Å². The van der Waals surface area contributed by atoms with Gasteiger partial charge in [-0.2, -0.15) is 11.8 Å². The van der Waals surface area contributed by atoms with Crippen molar-refractivity contribution in [3.63, 3.8) is 0 Å². The van der Waals surface area contributed by atoms with Gasteiger partial charge in [-0.25, -0.2) is 0 Å². The van der Waals surface area contributed by atoms with E-state index in [-0.39, 0.29) is 0 Å². The van der Waals surface area contributed by atoms with Gasteiger partial charge in [-0.3, -0.25) is 9.38 Å². The summed E-state index contributed by atoms with van der Waals surface area (Å²) in [5.41, 5.74) is 0.810. The van der Waals surface area contributed by atoms with E-state index < -0.39 is 0 Å². The summed E-state index contributed by atoms with van der Waals surface area (Å²) in [6.07, 6.45) is 5.40. The second-order valence-corrected chi connectivity index (χ2v) is 4.59. The zero-order chi connectivity index (χ0) is 10.1. The molecule has 1 saturated heterocycles. The Morgan fingerprint density at radius 2 is 2.47 bits per heavy atom. The van der Waals surface area contributed by atoms with Crippen molar-refractivity contribution in [1.82, 2.24) is 24.9 Å². The topological polar surface area (TPSA) is 55.1 Å². The Morgan fingerprint density at radius 1 is 1.47 bits per heavy atom. The molecule has 3 heterocycles. The monoisotopic (exact) mass is 221 g/mol. The number of fused-ring (bicyclic) bond motifs is 1. The molecule has 1 aliphatic heterocycles. The summed E-state index contributed by atoms with van der Waals surface area (Å²) in [6, 6.07) is 0.307. The van der Waals surface area contributed by atoms with Crippen LogP contribution in [-0.4, -0.2) is 37.6 Å². The fourth-order valence-electron chi connectivity index (χ4n) is 1.74. The van der Waals surface area contributed by atoms with Crippen LogP contribution in [-0.2, 0) is 0 Å². The SMILES string of the molecule is c1cn2c(C3CSCCN3)nnc2cn1. The minimum Gasteiger partial charge on any atom is -0.306 e. The Bertz CT molecular complexity index is 462. The number of hydrogen-bond donors (Lipinski definition) is 1. The van der Waals surface area contributed by atoms with E-state index in [9.17, 15) is 0 Å². The van der Waals surface area contributed by atoms with E-state index in [0.29, 0.717) is 6.04 Å². The molecule has 2 aromatic rings. The minimum absolute atomic E-state index is 0.307. The van der Waals surface area contributed by atoms with Gasteiger partial charge in [0.25, 0.3) is 0 Å². The summed E-state index contributed by atoms with van der Waals surface area (Å²) in [6.45, 7) is 1.04. The molecule has 1 aliphatic rings. The van der Waals surface area contributed by atoms with Crippen molar-refractivity contribution in [2.24, 2.45) is 0 Å². The van der Waals surface area contributed by atoms with Crippen molar-refractivity contribution in [1.29, 1.82) is 0 Å². The molecule has 1 unspecified atom stereocenters. The van der Waals surface area contributed by atoms with Crippen LogP contribution < -0.4 is 5.32 Å². The highest BCUT2D eigenvalue weighted by molar-refractivity contribution is 7.99. The molecule has 15 heavy (non-hydrogen) atoms. The van der Waals surface area contributed by atoms with Crippen LogP contribution in [0.3, 0.4) is 0 Å². The average Bonchev–Trinajstić information content (AvgIpc) is 2.74. The van der Waals surface area contributed by atoms with E-state index in [2.05, 4.69) is 20.5 Å². The quantitative estimate of drug-likeness (QED) is 0.760. The predicted octanol–water partition coefficient (Wildman–Crippen LogP) is 0.502. The van der Waals surface area contributed by atoms with Crippen molar-refractivity contribution in [3.05, 3.63) is 24.4 Å². The molecule has 0 radical (unpaired) electrons. The molecule has 3 rings (SSSR count). The highest BCUT2D eigenvalue weighted by atomic mass is 32.2. The lowest BCUT2D eigenvalue weighted by Gasteiger charge is -2.21. The number of nitrogens with zero attached hydrogens (tertiary/aromatic N) is 4. The summed E-state index contributed by atoms with van der Waals surface area (Å²) >= 11 is 1.95. The van der Waals surface area contributed by atoms with Gasteiger partial charge < -0.3 is 5.32 Å². The summed E-state index contributed by atoms with van der Waals surface area (Å²) in [4.78, 5) is 4.02. The van der Waals surface area contributed by atoms with E-state index in [1.165, 1.54) is 5.75 Å². The lowest BCUT2D eigenvalue weighted by molar-refractivity contribution is 0.559. The minimum atomic E-state index is 0.307. The Morgan fingerprint density at radius 3 is 3.33 bits per heavy atom. The molecule has 6 heteroatoms. The molecule has 78 valence electrons. The summed E-state index contributed by atoms with van der Waals surface area (Å²) in [7, 11) is 0. The van der Waals surface area contributed by atoms with Crippen molar-refractivity contribution < 1.29 is 0 Å². The maximum atomic E-state index is 4.22. The van der Waals surface area contributed by atoms with Crippen molar-refractivity contribution in [3.8, 4) is 0 Å². The van der Waals surface area contributed by atoms with Gasteiger partial charge in [-0.15, -0.1) is 10.2 Å². The predicted molar refractivity (Wildman–Crippen MR) is 58.9 cm³/mol. The van der Waals surface area contributed by atoms with Crippen molar-refractivity contribution >= 4 is 17.4 Å². The Labute approximate surface area is 91.3 Å². The van der Waals surface area contributed by atoms with Crippen LogP contribution in [0.25, 0.3) is 5.65 Å². The van der Waals surface area contributed by atoms with Gasteiger partial charge in [-0.1, -0.05) is 0 Å². The van der Waals surface area contributed by atoms with Crippen molar-refractivity contribution in [2.45, 2.75) is 6.04 Å². The Balaban J connectivity index is 2.02. The summed E-state index contributed by atoms with van der Waals surface area (Å²) < 4.78 is 2.00. The molecular weight excluding hydrogens is 210 g/mol. The van der Waals surface area contributed by atoms with Crippen LogP contribution in [0.4, 0.5) is 0 Å². The smallest absolute Gasteiger partial charge is 0.179 e. The Kier molecular flexibility index (Phi) is 2.30. The van der Waals surface area contributed by atoms with E-state index in [4.69, 9.17) is 0 Å². The molecule has 1 fully saturated rings. The van der Waals surface area contributed by atoms with Gasteiger partial charge in [0.2, 0.25) is 0 Å². The van der Waals surface area contributed by atoms with Gasteiger partial charge in [0, 0.05) is 30.4 Å². The number of thioether (sulfide) groups is 1. The van der Waals surface area contributed by atoms with Crippen molar-refractivity contribution in [2.75, 3.05) is 18.1 Å². The lowest BCUT2D eigenvalue weighted by atomic mass is 10.3. The fraction of sp³-hybridized carbons (Fsp3) is 0.444. The third kappa shape index (κ3) is 1.59. The number of aromatic nitrogens is 4. The van der Waals surface area contributed by atoms with Gasteiger partial charge >= 0.3 is 0 Å². The number of rotatable bonds is 1. The second-order valence-electron chi connectivity index (χ2n) is 3.44.